The van der Waals surface area contributed by atoms with Gasteiger partial charge in [0.15, 0.2) is 0 Å². The summed E-state index contributed by atoms with van der Waals surface area (Å²) in [6.45, 7) is 2.39. The van der Waals surface area contributed by atoms with Crippen LogP contribution >= 0.6 is 0 Å². The van der Waals surface area contributed by atoms with Crippen LogP contribution in [0.25, 0.3) is 11.1 Å². The Morgan fingerprint density at radius 2 is 2.03 bits per heavy atom. The van der Waals surface area contributed by atoms with Gasteiger partial charge in [-0.15, -0.1) is 0 Å². The molecule has 1 fully saturated rings. The number of hydrogen-bond acceptors (Lipinski definition) is 8. The third-order valence-electron chi connectivity index (χ3n) is 5.31. The molecule has 1 saturated carbocycles. The predicted octanol–water partition coefficient (Wildman–Crippen LogP) is 2.16. The van der Waals surface area contributed by atoms with Crippen LogP contribution in [-0.2, 0) is 0 Å². The van der Waals surface area contributed by atoms with Gasteiger partial charge in [-0.3, -0.25) is 14.8 Å². The van der Waals surface area contributed by atoms with E-state index in [1.165, 1.54) is 0 Å². The van der Waals surface area contributed by atoms with E-state index in [4.69, 9.17) is 14.6 Å². The SMILES string of the molecule is COc1ccc(C2CC2COc2nc(C)ncc2-c2ccc(C(=O)NCCO)nc2)nc1. The monoisotopic (exact) mass is 435 g/mol. The molecule has 0 spiro atoms. The van der Waals surface area contributed by atoms with Gasteiger partial charge in [0.1, 0.15) is 17.3 Å². The molecule has 3 heterocycles. The van der Waals surface area contributed by atoms with Gasteiger partial charge in [-0.2, -0.15) is 4.98 Å². The van der Waals surface area contributed by atoms with Gasteiger partial charge in [-0.05, 0) is 31.5 Å². The summed E-state index contributed by atoms with van der Waals surface area (Å²) in [5.41, 5.74) is 2.77. The van der Waals surface area contributed by atoms with Crippen molar-refractivity contribution in [2.45, 2.75) is 19.3 Å². The van der Waals surface area contributed by atoms with E-state index in [2.05, 4.69) is 25.3 Å². The van der Waals surface area contributed by atoms with Crippen molar-refractivity contribution < 1.29 is 19.4 Å². The fourth-order valence-corrected chi connectivity index (χ4v) is 3.42. The van der Waals surface area contributed by atoms with E-state index in [0.717, 1.165) is 23.4 Å². The second-order valence-electron chi connectivity index (χ2n) is 7.58. The largest absolute Gasteiger partial charge is 0.495 e. The van der Waals surface area contributed by atoms with E-state index in [-0.39, 0.29) is 24.8 Å². The smallest absolute Gasteiger partial charge is 0.269 e. The maximum atomic E-state index is 12.0. The molecule has 3 aromatic heterocycles. The Bertz CT molecular complexity index is 1070. The van der Waals surface area contributed by atoms with E-state index in [0.29, 0.717) is 35.7 Å². The first-order valence-electron chi connectivity index (χ1n) is 10.4. The molecule has 1 aliphatic carbocycles. The molecule has 0 aliphatic heterocycles. The first kappa shape index (κ1) is 21.6. The molecule has 9 nitrogen and oxygen atoms in total. The highest BCUT2D eigenvalue weighted by Gasteiger charge is 2.40. The highest BCUT2D eigenvalue weighted by atomic mass is 16.5. The number of aliphatic hydroxyl groups excluding tert-OH is 1. The van der Waals surface area contributed by atoms with Crippen molar-refractivity contribution in [2.24, 2.45) is 5.92 Å². The lowest BCUT2D eigenvalue weighted by Gasteiger charge is -2.11. The summed E-state index contributed by atoms with van der Waals surface area (Å²) in [6, 6.07) is 7.32. The summed E-state index contributed by atoms with van der Waals surface area (Å²) in [5, 5.41) is 11.4. The van der Waals surface area contributed by atoms with Gasteiger partial charge in [0.05, 0.1) is 32.1 Å². The van der Waals surface area contributed by atoms with Crippen LogP contribution in [0.2, 0.25) is 0 Å². The van der Waals surface area contributed by atoms with Crippen molar-refractivity contribution in [3.8, 4) is 22.8 Å². The normalized spacial score (nSPS) is 17.0. The number of carbonyl (C=O) groups is 1. The number of rotatable bonds is 9. The van der Waals surface area contributed by atoms with Crippen LogP contribution in [-0.4, -0.2) is 57.8 Å². The number of aliphatic hydroxyl groups is 1. The van der Waals surface area contributed by atoms with Crippen molar-refractivity contribution >= 4 is 5.91 Å². The number of nitrogens with one attached hydrogen (secondary N) is 1. The van der Waals surface area contributed by atoms with Crippen molar-refractivity contribution in [3.63, 3.8) is 0 Å². The molecule has 2 unspecified atom stereocenters. The summed E-state index contributed by atoms with van der Waals surface area (Å²) in [6.07, 6.45) is 6.04. The molecular formula is C23H25N5O4. The fraction of sp³-hybridized carbons (Fsp3) is 0.348. The molecule has 2 N–H and O–H groups in total. The molecule has 1 amide bonds. The lowest BCUT2D eigenvalue weighted by atomic mass is 10.1. The van der Waals surface area contributed by atoms with Gasteiger partial charge in [0.25, 0.3) is 5.91 Å². The highest BCUT2D eigenvalue weighted by molar-refractivity contribution is 5.92. The topological polar surface area (TPSA) is 119 Å². The molecule has 0 bridgehead atoms. The number of ether oxygens (including phenoxy) is 2. The summed E-state index contributed by atoms with van der Waals surface area (Å²) in [4.78, 5) is 29.4. The van der Waals surface area contributed by atoms with E-state index >= 15 is 0 Å². The minimum absolute atomic E-state index is 0.123. The van der Waals surface area contributed by atoms with Gasteiger partial charge >= 0.3 is 0 Å². The van der Waals surface area contributed by atoms with Crippen LogP contribution in [0.3, 0.4) is 0 Å². The van der Waals surface area contributed by atoms with Crippen LogP contribution in [0, 0.1) is 12.8 Å². The molecular weight excluding hydrogens is 410 g/mol. The van der Waals surface area contributed by atoms with Crippen molar-refractivity contribution in [3.05, 3.63) is 60.1 Å². The average Bonchev–Trinajstić information content (AvgIpc) is 3.61. The number of nitrogens with zero attached hydrogens (tertiary/aromatic N) is 4. The Labute approximate surface area is 185 Å². The third kappa shape index (κ3) is 5.00. The Balaban J connectivity index is 1.43. The quantitative estimate of drug-likeness (QED) is 0.525. The lowest BCUT2D eigenvalue weighted by Crippen LogP contribution is -2.27. The number of aryl methyl sites for hydroxylation is 1. The maximum absolute atomic E-state index is 12.0. The number of amides is 1. The predicted molar refractivity (Wildman–Crippen MR) is 117 cm³/mol. The number of aromatic nitrogens is 4. The summed E-state index contributed by atoms with van der Waals surface area (Å²) in [5.74, 6) is 2.24. The van der Waals surface area contributed by atoms with Crippen LogP contribution in [0.1, 0.15) is 34.3 Å². The Morgan fingerprint density at radius 3 is 2.72 bits per heavy atom. The van der Waals surface area contributed by atoms with Gasteiger partial charge in [0, 0.05) is 42.0 Å². The zero-order valence-electron chi connectivity index (χ0n) is 18.0. The van der Waals surface area contributed by atoms with E-state index in [1.807, 2.05) is 19.1 Å². The summed E-state index contributed by atoms with van der Waals surface area (Å²) in [7, 11) is 1.63. The Morgan fingerprint density at radius 1 is 1.16 bits per heavy atom. The third-order valence-corrected chi connectivity index (χ3v) is 5.31. The Kier molecular flexibility index (Phi) is 6.55. The summed E-state index contributed by atoms with van der Waals surface area (Å²) < 4.78 is 11.3. The van der Waals surface area contributed by atoms with Gasteiger partial charge in [-0.1, -0.05) is 6.07 Å². The number of pyridine rings is 2. The molecule has 1 aliphatic rings. The van der Waals surface area contributed by atoms with Crippen LogP contribution in [0.15, 0.2) is 42.9 Å². The van der Waals surface area contributed by atoms with Gasteiger partial charge < -0.3 is 19.9 Å². The molecule has 4 rings (SSSR count). The first-order chi connectivity index (χ1) is 15.6. The molecule has 3 aromatic rings. The summed E-state index contributed by atoms with van der Waals surface area (Å²) >= 11 is 0. The molecule has 9 heteroatoms. The second-order valence-corrected chi connectivity index (χ2v) is 7.58. The minimum atomic E-state index is -0.339. The van der Waals surface area contributed by atoms with Crippen molar-refractivity contribution in [2.75, 3.05) is 26.9 Å². The fourth-order valence-electron chi connectivity index (χ4n) is 3.42. The standard InChI is InChI=1S/C23H25N5O4/c1-14-25-12-19(15-3-5-21(26-10-15)22(30)24-7-8-29)23(28-14)32-13-16-9-18(16)20-6-4-17(31-2)11-27-20/h3-6,10-12,16,18,29H,7-9,13H2,1-2H3,(H,24,30). The van der Waals surface area contributed by atoms with Crippen LogP contribution < -0.4 is 14.8 Å². The maximum Gasteiger partial charge on any atom is 0.269 e. The van der Waals surface area contributed by atoms with Gasteiger partial charge in [-0.25, -0.2) is 4.98 Å². The zero-order chi connectivity index (χ0) is 22.5. The first-order valence-corrected chi connectivity index (χ1v) is 10.4. The molecule has 0 saturated heterocycles. The second kappa shape index (κ2) is 9.69. The van der Waals surface area contributed by atoms with Crippen molar-refractivity contribution in [1.29, 1.82) is 0 Å². The van der Waals surface area contributed by atoms with E-state index < -0.39 is 0 Å². The molecule has 2 atom stereocenters. The minimum Gasteiger partial charge on any atom is -0.495 e. The van der Waals surface area contributed by atoms with E-state index in [9.17, 15) is 4.79 Å². The Hall–Kier alpha value is -3.59. The number of hydrogen-bond donors (Lipinski definition) is 2. The lowest BCUT2D eigenvalue weighted by molar-refractivity contribution is 0.0940. The highest BCUT2D eigenvalue weighted by Crippen LogP contribution is 2.47. The molecule has 32 heavy (non-hydrogen) atoms. The van der Waals surface area contributed by atoms with Crippen LogP contribution in [0.5, 0.6) is 11.6 Å². The molecule has 0 radical (unpaired) electrons. The van der Waals surface area contributed by atoms with Gasteiger partial charge in [0.2, 0.25) is 5.88 Å². The number of methoxy groups -OCH3 is 1. The van der Waals surface area contributed by atoms with Crippen molar-refractivity contribution in [1.82, 2.24) is 25.3 Å². The van der Waals surface area contributed by atoms with Crippen LogP contribution in [0.4, 0.5) is 0 Å². The number of carbonyl (C=O) groups excluding carboxylic acids is 1. The zero-order valence-corrected chi connectivity index (χ0v) is 18.0. The van der Waals surface area contributed by atoms with E-state index in [1.54, 1.807) is 37.8 Å². The average molecular weight is 435 g/mol. The molecule has 166 valence electrons. The molecule has 0 aromatic carbocycles.